The first-order chi connectivity index (χ1) is 7.63. The topological polar surface area (TPSA) is 12.0 Å². The van der Waals surface area contributed by atoms with Crippen molar-refractivity contribution in [2.24, 2.45) is 5.92 Å². The molecule has 0 aliphatic carbocycles. The predicted octanol–water partition coefficient (Wildman–Crippen LogP) is 4.19. The average Bonchev–Trinajstić information content (AvgIpc) is 2.25. The molecule has 0 bridgehead atoms. The van der Waals surface area contributed by atoms with Crippen LogP contribution in [0.2, 0.25) is 0 Å². The van der Waals surface area contributed by atoms with Gasteiger partial charge in [-0.05, 0) is 42.5 Å². The number of halogens is 1. The van der Waals surface area contributed by atoms with Gasteiger partial charge in [-0.25, -0.2) is 0 Å². The third-order valence-electron chi connectivity index (χ3n) is 2.74. The van der Waals surface area contributed by atoms with Crippen molar-refractivity contribution in [3.63, 3.8) is 0 Å². The van der Waals surface area contributed by atoms with Crippen LogP contribution in [0, 0.1) is 5.92 Å². The molecule has 0 aliphatic heterocycles. The maximum atomic E-state index is 3.48. The molecule has 1 N–H and O–H groups in total. The van der Waals surface area contributed by atoms with Crippen LogP contribution in [0.5, 0.6) is 0 Å². The average molecular weight is 284 g/mol. The van der Waals surface area contributed by atoms with Gasteiger partial charge in [-0.15, -0.1) is 0 Å². The van der Waals surface area contributed by atoms with Crippen LogP contribution in [0.4, 0.5) is 0 Å². The molecule has 0 saturated heterocycles. The smallest absolute Gasteiger partial charge is 0.0175 e. The van der Waals surface area contributed by atoms with Gasteiger partial charge < -0.3 is 5.32 Å². The number of rotatable bonds is 6. The summed E-state index contributed by atoms with van der Waals surface area (Å²) in [5.74, 6) is 1.38. The fraction of sp³-hybridized carbons (Fsp3) is 0.571. The van der Waals surface area contributed by atoms with Crippen LogP contribution < -0.4 is 5.32 Å². The first-order valence-electron chi connectivity index (χ1n) is 6.09. The zero-order valence-electron chi connectivity index (χ0n) is 10.5. The molecular weight excluding hydrogens is 262 g/mol. The minimum absolute atomic E-state index is 0.632. The largest absolute Gasteiger partial charge is 0.316 e. The molecule has 0 fully saturated rings. The van der Waals surface area contributed by atoms with Crippen LogP contribution >= 0.6 is 15.9 Å². The van der Waals surface area contributed by atoms with E-state index in [1.165, 1.54) is 12.0 Å². The lowest BCUT2D eigenvalue weighted by molar-refractivity contribution is 0.475. The lowest BCUT2D eigenvalue weighted by Crippen LogP contribution is -2.22. The minimum Gasteiger partial charge on any atom is -0.316 e. The minimum atomic E-state index is 0.632. The molecule has 1 nitrogen and oxygen atoms in total. The van der Waals surface area contributed by atoms with Gasteiger partial charge in [-0.2, -0.15) is 0 Å². The van der Waals surface area contributed by atoms with E-state index in [1.807, 2.05) is 0 Å². The molecule has 0 aromatic heterocycles. The van der Waals surface area contributed by atoms with E-state index < -0.39 is 0 Å². The Kier molecular flexibility index (Phi) is 6.07. The highest BCUT2D eigenvalue weighted by Gasteiger charge is 2.12. The van der Waals surface area contributed by atoms with E-state index in [4.69, 9.17) is 0 Å². The summed E-state index contributed by atoms with van der Waals surface area (Å²) in [6, 6.07) is 8.73. The zero-order chi connectivity index (χ0) is 12.0. The van der Waals surface area contributed by atoms with E-state index in [0.717, 1.165) is 23.5 Å². The fourth-order valence-corrected chi connectivity index (χ4v) is 2.22. The molecule has 0 radical (unpaired) electrons. The molecule has 0 amide bonds. The van der Waals surface area contributed by atoms with E-state index in [-0.39, 0.29) is 0 Å². The third kappa shape index (κ3) is 4.67. The molecule has 1 rings (SSSR count). The van der Waals surface area contributed by atoms with Crippen molar-refractivity contribution < 1.29 is 0 Å². The summed E-state index contributed by atoms with van der Waals surface area (Å²) in [6.07, 6.45) is 1.24. The summed E-state index contributed by atoms with van der Waals surface area (Å²) in [5.41, 5.74) is 1.44. The maximum Gasteiger partial charge on any atom is 0.0175 e. The Labute approximate surface area is 108 Å². The van der Waals surface area contributed by atoms with E-state index >= 15 is 0 Å². The van der Waals surface area contributed by atoms with Crippen molar-refractivity contribution in [3.05, 3.63) is 34.3 Å². The summed E-state index contributed by atoms with van der Waals surface area (Å²) in [7, 11) is 0. The molecule has 1 unspecified atom stereocenters. The fourth-order valence-electron chi connectivity index (χ4n) is 1.96. The summed E-state index contributed by atoms with van der Waals surface area (Å²) in [4.78, 5) is 0. The monoisotopic (exact) mass is 283 g/mol. The van der Waals surface area contributed by atoms with Gasteiger partial charge in [0.25, 0.3) is 0 Å². The molecule has 90 valence electrons. The highest BCUT2D eigenvalue weighted by Crippen LogP contribution is 2.24. The van der Waals surface area contributed by atoms with Crippen molar-refractivity contribution in [3.8, 4) is 0 Å². The first kappa shape index (κ1) is 13.7. The lowest BCUT2D eigenvalue weighted by atomic mass is 9.90. The second kappa shape index (κ2) is 7.08. The number of hydrogen-bond donors (Lipinski definition) is 1. The Balaban J connectivity index is 2.70. The Bertz CT molecular complexity index is 292. The second-order valence-corrected chi connectivity index (χ2v) is 5.60. The predicted molar refractivity (Wildman–Crippen MR) is 74.9 cm³/mol. The molecule has 16 heavy (non-hydrogen) atoms. The number of nitrogens with one attached hydrogen (secondary N) is 1. The van der Waals surface area contributed by atoms with Gasteiger partial charge in [0.05, 0.1) is 0 Å². The third-order valence-corrected chi connectivity index (χ3v) is 3.27. The van der Waals surface area contributed by atoms with Crippen LogP contribution in [0.25, 0.3) is 0 Å². The van der Waals surface area contributed by atoms with Crippen molar-refractivity contribution >= 4 is 15.9 Å². The zero-order valence-corrected chi connectivity index (χ0v) is 12.0. The number of hydrogen-bond acceptors (Lipinski definition) is 1. The van der Waals surface area contributed by atoms with Gasteiger partial charge in [0.2, 0.25) is 0 Å². The quantitative estimate of drug-likeness (QED) is 0.826. The van der Waals surface area contributed by atoms with Gasteiger partial charge in [-0.3, -0.25) is 0 Å². The number of benzene rings is 1. The second-order valence-electron chi connectivity index (χ2n) is 4.69. The van der Waals surface area contributed by atoms with Gasteiger partial charge in [-0.1, -0.05) is 48.8 Å². The van der Waals surface area contributed by atoms with Crippen molar-refractivity contribution in [1.82, 2.24) is 5.32 Å². The molecular formula is C14H22BrN. The Morgan fingerprint density at radius 1 is 1.19 bits per heavy atom. The van der Waals surface area contributed by atoms with Crippen LogP contribution in [-0.4, -0.2) is 13.1 Å². The maximum absolute atomic E-state index is 3.48. The van der Waals surface area contributed by atoms with E-state index in [1.54, 1.807) is 0 Å². The molecule has 0 aliphatic rings. The molecule has 0 heterocycles. The Morgan fingerprint density at radius 3 is 2.31 bits per heavy atom. The first-order valence-corrected chi connectivity index (χ1v) is 6.89. The molecule has 1 atom stereocenters. The summed E-state index contributed by atoms with van der Waals surface area (Å²) >= 11 is 3.48. The van der Waals surface area contributed by atoms with Gasteiger partial charge in [0, 0.05) is 11.0 Å². The molecule has 0 saturated carbocycles. The van der Waals surface area contributed by atoms with Gasteiger partial charge in [0.1, 0.15) is 0 Å². The van der Waals surface area contributed by atoms with E-state index in [2.05, 4.69) is 66.3 Å². The van der Waals surface area contributed by atoms with Crippen LogP contribution in [0.1, 0.15) is 38.7 Å². The molecule has 2 heteroatoms. The van der Waals surface area contributed by atoms with Crippen LogP contribution in [-0.2, 0) is 0 Å². The normalized spacial score (nSPS) is 13.1. The standard InChI is InChI=1S/C14H22BrN/c1-4-16-10-13(9-11(2)3)12-5-7-14(15)8-6-12/h5-8,11,13,16H,4,9-10H2,1-3H3. The highest BCUT2D eigenvalue weighted by molar-refractivity contribution is 9.10. The summed E-state index contributed by atoms with van der Waals surface area (Å²) in [6.45, 7) is 8.87. The molecule has 1 aromatic rings. The Morgan fingerprint density at radius 2 is 1.81 bits per heavy atom. The van der Waals surface area contributed by atoms with Crippen LogP contribution in [0.15, 0.2) is 28.7 Å². The molecule has 0 spiro atoms. The lowest BCUT2D eigenvalue weighted by Gasteiger charge is -2.20. The molecule has 1 aromatic carbocycles. The van der Waals surface area contributed by atoms with E-state index in [9.17, 15) is 0 Å². The Hall–Kier alpha value is -0.340. The SMILES string of the molecule is CCNCC(CC(C)C)c1ccc(Br)cc1. The van der Waals surface area contributed by atoms with Gasteiger partial charge >= 0.3 is 0 Å². The summed E-state index contributed by atoms with van der Waals surface area (Å²) in [5, 5.41) is 3.46. The van der Waals surface area contributed by atoms with Crippen molar-refractivity contribution in [2.45, 2.75) is 33.1 Å². The van der Waals surface area contributed by atoms with Crippen molar-refractivity contribution in [2.75, 3.05) is 13.1 Å². The highest BCUT2D eigenvalue weighted by atomic mass is 79.9. The number of likely N-dealkylation sites (N-methyl/N-ethyl adjacent to an activating group) is 1. The van der Waals surface area contributed by atoms with Gasteiger partial charge in [0.15, 0.2) is 0 Å². The van der Waals surface area contributed by atoms with E-state index in [0.29, 0.717) is 5.92 Å². The summed E-state index contributed by atoms with van der Waals surface area (Å²) < 4.78 is 1.16. The van der Waals surface area contributed by atoms with Crippen LogP contribution in [0.3, 0.4) is 0 Å². The van der Waals surface area contributed by atoms with Crippen molar-refractivity contribution in [1.29, 1.82) is 0 Å².